The van der Waals surface area contributed by atoms with Crippen LogP contribution in [0, 0.1) is 24.0 Å². The van der Waals surface area contributed by atoms with Gasteiger partial charge in [0.1, 0.15) is 11.4 Å². The monoisotopic (exact) mass is 476 g/mol. The van der Waals surface area contributed by atoms with Crippen molar-refractivity contribution in [3.05, 3.63) is 80.7 Å². The molecular formula is C26H28N4O5. The van der Waals surface area contributed by atoms with Gasteiger partial charge < -0.3 is 14.4 Å². The van der Waals surface area contributed by atoms with Gasteiger partial charge in [-0.25, -0.2) is 0 Å². The van der Waals surface area contributed by atoms with E-state index < -0.39 is 4.92 Å². The van der Waals surface area contributed by atoms with Gasteiger partial charge in [-0.05, 0) is 62.1 Å². The first-order chi connectivity index (χ1) is 16.9. The molecule has 5 rings (SSSR count). The zero-order valence-electron chi connectivity index (χ0n) is 19.9. The molecule has 9 nitrogen and oxygen atoms in total. The number of carbonyl (C=O) groups is 1. The summed E-state index contributed by atoms with van der Waals surface area (Å²) in [5.74, 6) is 1.49. The van der Waals surface area contributed by atoms with Gasteiger partial charge in [-0.15, -0.1) is 0 Å². The Morgan fingerprint density at radius 1 is 1.09 bits per heavy atom. The number of aryl methyl sites for hydroxylation is 1. The van der Waals surface area contributed by atoms with Crippen molar-refractivity contribution in [3.63, 3.8) is 0 Å². The Kier molecular flexibility index (Phi) is 6.15. The molecular weight excluding hydrogens is 448 g/mol. The Hall–Kier alpha value is -3.88. The van der Waals surface area contributed by atoms with Crippen molar-refractivity contribution < 1.29 is 19.2 Å². The lowest BCUT2D eigenvalue weighted by Crippen LogP contribution is -2.30. The van der Waals surface area contributed by atoms with Crippen LogP contribution in [-0.2, 0) is 6.54 Å². The minimum atomic E-state index is -0.397. The number of amides is 1. The van der Waals surface area contributed by atoms with E-state index in [2.05, 4.69) is 5.10 Å². The molecule has 0 N–H and O–H groups in total. The van der Waals surface area contributed by atoms with Crippen molar-refractivity contribution in [1.29, 1.82) is 0 Å². The molecule has 0 bridgehead atoms. The van der Waals surface area contributed by atoms with Crippen molar-refractivity contribution in [2.75, 3.05) is 19.8 Å². The summed E-state index contributed by atoms with van der Waals surface area (Å²) in [6.07, 6.45) is 2.70. The maximum absolute atomic E-state index is 13.4. The lowest BCUT2D eigenvalue weighted by atomic mass is 10.0. The molecule has 1 fully saturated rings. The third-order valence-corrected chi connectivity index (χ3v) is 6.73. The van der Waals surface area contributed by atoms with Gasteiger partial charge in [-0.2, -0.15) is 5.10 Å². The van der Waals surface area contributed by atoms with Crippen LogP contribution in [0.2, 0.25) is 0 Å². The Labute approximate surface area is 203 Å². The second-order valence-electron chi connectivity index (χ2n) is 9.04. The summed E-state index contributed by atoms with van der Waals surface area (Å²) in [6, 6.07) is 13.4. The van der Waals surface area contributed by atoms with Crippen LogP contribution in [0.5, 0.6) is 11.5 Å². The number of aromatic nitrogens is 2. The van der Waals surface area contributed by atoms with Crippen molar-refractivity contribution in [3.8, 4) is 11.5 Å². The second kappa shape index (κ2) is 9.40. The molecule has 0 saturated carbocycles. The highest BCUT2D eigenvalue weighted by Crippen LogP contribution is 2.38. The smallest absolute Gasteiger partial charge is 0.312 e. The van der Waals surface area contributed by atoms with E-state index in [9.17, 15) is 14.9 Å². The summed E-state index contributed by atoms with van der Waals surface area (Å²) < 4.78 is 13.2. The standard InChI is InChI=1S/C26H28N4O5/c1-17-25(30(32)33)18(2)29(27-17)16-19-6-8-20(9-7-19)26(31)28-12-3-5-22(28)21-10-11-23-24(15-21)35-14-4-13-34-23/h6-11,15,22H,3-5,12-14,16H2,1-2H3/t22-/m1/s1. The third-order valence-electron chi connectivity index (χ3n) is 6.73. The van der Waals surface area contributed by atoms with Gasteiger partial charge in [0.25, 0.3) is 5.91 Å². The number of hydrogen-bond donors (Lipinski definition) is 0. The van der Waals surface area contributed by atoms with E-state index in [1.165, 1.54) is 0 Å². The lowest BCUT2D eigenvalue weighted by molar-refractivity contribution is -0.386. The first-order valence-corrected chi connectivity index (χ1v) is 11.9. The van der Waals surface area contributed by atoms with Gasteiger partial charge in [0.2, 0.25) is 0 Å². The summed E-state index contributed by atoms with van der Waals surface area (Å²) in [4.78, 5) is 26.2. The highest BCUT2D eigenvalue weighted by molar-refractivity contribution is 5.94. The maximum atomic E-state index is 13.4. The largest absolute Gasteiger partial charge is 0.490 e. The molecule has 3 heterocycles. The van der Waals surface area contributed by atoms with Crippen LogP contribution in [0.4, 0.5) is 5.69 Å². The molecule has 182 valence electrons. The van der Waals surface area contributed by atoms with Gasteiger partial charge in [0, 0.05) is 18.5 Å². The van der Waals surface area contributed by atoms with E-state index in [0.29, 0.717) is 43.3 Å². The van der Waals surface area contributed by atoms with Crippen molar-refractivity contribution in [2.24, 2.45) is 0 Å². The van der Waals surface area contributed by atoms with Gasteiger partial charge in [0.15, 0.2) is 11.5 Å². The zero-order valence-corrected chi connectivity index (χ0v) is 19.9. The molecule has 0 radical (unpaired) electrons. The number of likely N-dealkylation sites (tertiary alicyclic amines) is 1. The summed E-state index contributed by atoms with van der Waals surface area (Å²) in [5.41, 5.74) is 3.56. The van der Waals surface area contributed by atoms with Crippen LogP contribution in [0.25, 0.3) is 0 Å². The van der Waals surface area contributed by atoms with E-state index in [-0.39, 0.29) is 17.6 Å². The van der Waals surface area contributed by atoms with Gasteiger partial charge >= 0.3 is 5.69 Å². The minimum Gasteiger partial charge on any atom is -0.490 e. The van der Waals surface area contributed by atoms with E-state index >= 15 is 0 Å². The normalized spacial score (nSPS) is 17.3. The summed E-state index contributed by atoms with van der Waals surface area (Å²) >= 11 is 0. The Morgan fingerprint density at radius 2 is 1.83 bits per heavy atom. The second-order valence-corrected chi connectivity index (χ2v) is 9.04. The van der Waals surface area contributed by atoms with Gasteiger partial charge in [-0.1, -0.05) is 18.2 Å². The molecule has 35 heavy (non-hydrogen) atoms. The van der Waals surface area contributed by atoms with E-state index in [1.54, 1.807) is 18.5 Å². The maximum Gasteiger partial charge on any atom is 0.312 e. The number of carbonyl (C=O) groups excluding carboxylic acids is 1. The quantitative estimate of drug-likeness (QED) is 0.394. The van der Waals surface area contributed by atoms with Crippen LogP contribution in [0.3, 0.4) is 0 Å². The molecule has 3 aromatic rings. The van der Waals surface area contributed by atoms with Crippen LogP contribution >= 0.6 is 0 Å². The fourth-order valence-corrected chi connectivity index (χ4v) is 4.94. The fraction of sp³-hybridized carbons (Fsp3) is 0.385. The fourth-order valence-electron chi connectivity index (χ4n) is 4.94. The van der Waals surface area contributed by atoms with E-state index in [4.69, 9.17) is 9.47 Å². The predicted octanol–water partition coefficient (Wildman–Crippen LogP) is 4.60. The number of nitrogens with zero attached hydrogens (tertiary/aromatic N) is 4. The molecule has 1 saturated heterocycles. The van der Waals surface area contributed by atoms with Gasteiger partial charge in [-0.3, -0.25) is 19.6 Å². The van der Waals surface area contributed by atoms with Crippen LogP contribution in [0.15, 0.2) is 42.5 Å². The number of benzene rings is 2. The van der Waals surface area contributed by atoms with E-state index in [1.807, 2.05) is 47.4 Å². The third kappa shape index (κ3) is 4.45. The van der Waals surface area contributed by atoms with Crippen LogP contribution in [0.1, 0.15) is 58.2 Å². The number of hydrogen-bond acceptors (Lipinski definition) is 6. The summed E-state index contributed by atoms with van der Waals surface area (Å²) in [6.45, 7) is 5.71. The average Bonchev–Trinajstić information content (AvgIpc) is 3.35. The molecule has 2 aliphatic heterocycles. The number of rotatable bonds is 5. The van der Waals surface area contributed by atoms with Crippen LogP contribution in [-0.4, -0.2) is 45.3 Å². The van der Waals surface area contributed by atoms with Crippen molar-refractivity contribution >= 4 is 11.6 Å². The van der Waals surface area contributed by atoms with E-state index in [0.717, 1.165) is 41.9 Å². The molecule has 0 unspecified atom stereocenters. The molecule has 1 aromatic heterocycles. The molecule has 1 amide bonds. The Balaban J connectivity index is 1.32. The summed E-state index contributed by atoms with van der Waals surface area (Å²) in [5, 5.41) is 15.6. The minimum absolute atomic E-state index is 0.00502. The lowest BCUT2D eigenvalue weighted by Gasteiger charge is -2.26. The topological polar surface area (TPSA) is 99.7 Å². The highest BCUT2D eigenvalue weighted by Gasteiger charge is 2.31. The molecule has 1 atom stereocenters. The number of nitro groups is 1. The van der Waals surface area contributed by atoms with Crippen molar-refractivity contribution in [1.82, 2.24) is 14.7 Å². The molecule has 0 aliphatic carbocycles. The zero-order chi connectivity index (χ0) is 24.5. The van der Waals surface area contributed by atoms with Crippen LogP contribution < -0.4 is 9.47 Å². The number of ether oxygens (including phenoxy) is 2. The average molecular weight is 477 g/mol. The molecule has 0 spiro atoms. The molecule has 9 heteroatoms. The Morgan fingerprint density at radius 3 is 2.54 bits per heavy atom. The summed E-state index contributed by atoms with van der Waals surface area (Å²) in [7, 11) is 0. The number of fused-ring (bicyclic) bond motifs is 1. The van der Waals surface area contributed by atoms with Gasteiger partial charge in [0.05, 0.1) is 30.7 Å². The SMILES string of the molecule is Cc1nn(Cc2ccc(C(=O)N3CCC[C@@H]3c3ccc4c(c3)OCCCO4)cc2)c(C)c1[N+](=O)[O-]. The highest BCUT2D eigenvalue weighted by atomic mass is 16.6. The predicted molar refractivity (Wildman–Crippen MR) is 129 cm³/mol. The molecule has 2 aromatic carbocycles. The Bertz CT molecular complexity index is 1270. The first kappa shape index (κ1) is 22.9. The molecule has 2 aliphatic rings. The first-order valence-electron chi connectivity index (χ1n) is 11.9. The van der Waals surface area contributed by atoms with Crippen molar-refractivity contribution in [2.45, 2.75) is 45.7 Å².